The molecule has 1 aliphatic heterocycles. The number of quaternary nitrogens is 1. The Morgan fingerprint density at radius 1 is 1.41 bits per heavy atom. The Labute approximate surface area is 158 Å². The van der Waals surface area contributed by atoms with Crippen LogP contribution < -0.4 is 16.4 Å². The Kier molecular flexibility index (Phi) is 6.03. The average molecular weight is 420 g/mol. The predicted octanol–water partition coefficient (Wildman–Crippen LogP) is -2.74. The van der Waals surface area contributed by atoms with Gasteiger partial charge in [0.25, 0.3) is 0 Å². The van der Waals surface area contributed by atoms with Crippen LogP contribution in [0.5, 0.6) is 0 Å². The number of thioether (sulfide) groups is 1. The quantitative estimate of drug-likeness (QED) is 0.229. The summed E-state index contributed by atoms with van der Waals surface area (Å²) in [5.41, 5.74) is 9.89. The van der Waals surface area contributed by atoms with E-state index in [1.165, 1.54) is 29.0 Å². The lowest BCUT2D eigenvalue weighted by molar-refractivity contribution is -0.405. The highest BCUT2D eigenvalue weighted by Crippen LogP contribution is 2.35. The normalized spacial score (nSPS) is 29.1. The Morgan fingerprint density at radius 2 is 2.15 bits per heavy atom. The van der Waals surface area contributed by atoms with Crippen LogP contribution in [-0.4, -0.2) is 70.2 Å². The molecular weight excluding hydrogens is 399 g/mol. The minimum atomic E-state index is -4.44. The van der Waals surface area contributed by atoms with Crippen LogP contribution in [0.3, 0.4) is 0 Å². The number of nitrogens with zero attached hydrogens (tertiary/aromatic N) is 4. The smallest absolute Gasteiger partial charge is 0.190 e. The summed E-state index contributed by atoms with van der Waals surface area (Å²) in [7, 11) is -4.44. The zero-order chi connectivity index (χ0) is 19.8. The van der Waals surface area contributed by atoms with Crippen molar-refractivity contribution in [3.05, 3.63) is 12.7 Å². The second kappa shape index (κ2) is 7.97. The van der Waals surface area contributed by atoms with Crippen molar-refractivity contribution in [2.45, 2.75) is 36.7 Å². The van der Waals surface area contributed by atoms with Crippen LogP contribution in [0, 0.1) is 0 Å². The van der Waals surface area contributed by atoms with Crippen molar-refractivity contribution in [1.29, 1.82) is 0 Å². The number of nitrogen functional groups attached to an aromatic ring is 1. The van der Waals surface area contributed by atoms with E-state index in [0.29, 0.717) is 22.7 Å². The number of anilines is 1. The number of aliphatic hydroxyl groups is 2. The Morgan fingerprint density at radius 3 is 2.85 bits per heavy atom. The second-order valence-corrected chi connectivity index (χ2v) is 9.22. The van der Waals surface area contributed by atoms with Crippen LogP contribution in [0.1, 0.15) is 12.6 Å². The van der Waals surface area contributed by atoms with Gasteiger partial charge in [0.15, 0.2) is 25.3 Å². The van der Waals surface area contributed by atoms with Crippen molar-refractivity contribution in [2.24, 2.45) is 0 Å². The topological polar surface area (TPSA) is 207 Å². The number of nitrogens with two attached hydrogens (primary N) is 1. The third-order valence-electron chi connectivity index (χ3n) is 4.34. The predicted molar refractivity (Wildman–Crippen MR) is 94.1 cm³/mol. The molecule has 0 bridgehead atoms. The molecule has 1 fully saturated rings. The van der Waals surface area contributed by atoms with E-state index in [1.807, 2.05) is 0 Å². The van der Waals surface area contributed by atoms with Gasteiger partial charge in [-0.15, -0.1) is 0 Å². The third kappa shape index (κ3) is 4.25. The standard InChI is InChI=1S/C13H21N6O6PS/c14-7(26(22,23)24)1-2-27-3-6-9(20)10(21)13(25-6)19-5-18-8-11(15)16-4-17-12(8)19/h4-7,9-10,13,20-21H,1-3,14H2,(H2,15,16,17)(H2,22,23,24)/t6-,7?,9-,10-,13-/m1/s1. The van der Waals surface area contributed by atoms with Crippen LogP contribution in [0.4, 0.5) is 5.82 Å². The molecule has 1 saturated heterocycles. The first kappa shape index (κ1) is 20.4. The van der Waals surface area contributed by atoms with Gasteiger partial charge in [0.1, 0.15) is 29.8 Å². The maximum absolute atomic E-state index is 11.0. The minimum absolute atomic E-state index is 0.166. The largest absolute Gasteiger partial charge is 0.774 e. The summed E-state index contributed by atoms with van der Waals surface area (Å²) in [5, 5.41) is 20.6. The molecule has 0 spiro atoms. The van der Waals surface area contributed by atoms with Crippen LogP contribution >= 0.6 is 19.4 Å². The van der Waals surface area contributed by atoms with Crippen LogP contribution in [-0.2, 0) is 9.30 Å². The Balaban J connectivity index is 1.62. The molecule has 0 amide bonds. The molecule has 3 heterocycles. The summed E-state index contributed by atoms with van der Waals surface area (Å²) < 4.78 is 18.2. The Hall–Kier alpha value is -1.31. The minimum Gasteiger partial charge on any atom is -0.774 e. The molecule has 12 nitrogen and oxygen atoms in total. The summed E-state index contributed by atoms with van der Waals surface area (Å²) in [6.45, 7) is 0. The van der Waals surface area contributed by atoms with Gasteiger partial charge in [-0.2, -0.15) is 11.8 Å². The molecular formula is C13H21N6O6PS. The maximum Gasteiger partial charge on any atom is 0.190 e. The molecule has 2 aromatic rings. The SMILES string of the molecule is Nc1ncnc2c1ncn2[C@@H]1O[C@H](CSCCC([NH3+])P(=O)([O-])O)[C@@H](O)[C@H]1O. The number of aliphatic hydroxyl groups excluding tert-OH is 2. The maximum atomic E-state index is 11.0. The highest BCUT2D eigenvalue weighted by atomic mass is 32.2. The number of ether oxygens (including phenoxy) is 1. The molecule has 14 heteroatoms. The van der Waals surface area contributed by atoms with E-state index >= 15 is 0 Å². The first-order valence-electron chi connectivity index (χ1n) is 8.09. The zero-order valence-corrected chi connectivity index (χ0v) is 15.9. The lowest BCUT2D eigenvalue weighted by Crippen LogP contribution is -2.61. The molecule has 6 atom stereocenters. The molecule has 1 aliphatic rings. The van der Waals surface area contributed by atoms with Gasteiger partial charge in [-0.1, -0.05) is 0 Å². The highest BCUT2D eigenvalue weighted by molar-refractivity contribution is 7.99. The van der Waals surface area contributed by atoms with E-state index in [0.717, 1.165) is 0 Å². The van der Waals surface area contributed by atoms with Crippen molar-refractivity contribution in [2.75, 3.05) is 17.2 Å². The Bertz CT molecular complexity index is 848. The van der Waals surface area contributed by atoms with Gasteiger partial charge < -0.3 is 40.8 Å². The molecule has 0 aliphatic carbocycles. The van der Waals surface area contributed by atoms with Crippen molar-refractivity contribution in [3.8, 4) is 0 Å². The van der Waals surface area contributed by atoms with Gasteiger partial charge in [0.2, 0.25) is 0 Å². The van der Waals surface area contributed by atoms with E-state index in [-0.39, 0.29) is 12.2 Å². The van der Waals surface area contributed by atoms with E-state index < -0.39 is 37.9 Å². The molecule has 0 aromatic carbocycles. The van der Waals surface area contributed by atoms with E-state index in [1.54, 1.807) is 0 Å². The summed E-state index contributed by atoms with van der Waals surface area (Å²) in [6, 6.07) is 0. The molecule has 8 N–H and O–H groups in total. The van der Waals surface area contributed by atoms with Crippen LogP contribution in [0.2, 0.25) is 0 Å². The number of fused-ring (bicyclic) bond motifs is 1. The van der Waals surface area contributed by atoms with E-state index in [4.69, 9.17) is 15.4 Å². The second-order valence-electron chi connectivity index (χ2n) is 6.21. The first-order valence-corrected chi connectivity index (χ1v) is 10.9. The number of rotatable bonds is 7. The monoisotopic (exact) mass is 420 g/mol. The lowest BCUT2D eigenvalue weighted by atomic mass is 10.1. The fourth-order valence-corrected chi connectivity index (χ4v) is 4.49. The van der Waals surface area contributed by atoms with Gasteiger partial charge in [-0.25, -0.2) is 15.0 Å². The molecule has 3 rings (SSSR count). The van der Waals surface area contributed by atoms with Gasteiger partial charge >= 0.3 is 0 Å². The van der Waals surface area contributed by atoms with Crippen LogP contribution in [0.25, 0.3) is 11.2 Å². The number of aromatic nitrogens is 4. The molecule has 27 heavy (non-hydrogen) atoms. The number of imidazole rings is 1. The summed E-state index contributed by atoms with van der Waals surface area (Å²) in [5.74, 6) is -0.173. The van der Waals surface area contributed by atoms with Gasteiger partial charge in [-0.05, 0) is 5.75 Å². The van der Waals surface area contributed by atoms with Gasteiger partial charge in [-0.3, -0.25) is 4.57 Å². The summed E-state index contributed by atoms with van der Waals surface area (Å²) in [6.07, 6.45) is -1.08. The highest BCUT2D eigenvalue weighted by Gasteiger charge is 2.44. The number of hydrogen-bond donors (Lipinski definition) is 5. The zero-order valence-electron chi connectivity index (χ0n) is 14.2. The number of hydrogen-bond acceptors (Lipinski definition) is 10. The van der Waals surface area contributed by atoms with Gasteiger partial charge in [0, 0.05) is 12.2 Å². The summed E-state index contributed by atoms with van der Waals surface area (Å²) in [4.78, 5) is 31.9. The molecule has 2 aromatic heterocycles. The fraction of sp³-hybridized carbons (Fsp3) is 0.615. The third-order valence-corrected chi connectivity index (χ3v) is 6.61. The molecule has 0 saturated carbocycles. The fourth-order valence-electron chi connectivity index (χ4n) is 2.73. The van der Waals surface area contributed by atoms with Crippen molar-refractivity contribution < 1.29 is 35.0 Å². The van der Waals surface area contributed by atoms with Gasteiger partial charge in [0.05, 0.1) is 12.4 Å². The lowest BCUT2D eigenvalue weighted by Gasteiger charge is -2.20. The van der Waals surface area contributed by atoms with Crippen molar-refractivity contribution >= 4 is 36.3 Å². The summed E-state index contributed by atoms with van der Waals surface area (Å²) >= 11 is 1.33. The van der Waals surface area contributed by atoms with Crippen molar-refractivity contribution in [3.63, 3.8) is 0 Å². The molecule has 2 unspecified atom stereocenters. The first-order chi connectivity index (χ1) is 12.7. The van der Waals surface area contributed by atoms with Crippen LogP contribution in [0.15, 0.2) is 12.7 Å². The molecule has 150 valence electrons. The molecule has 0 radical (unpaired) electrons. The van der Waals surface area contributed by atoms with Crippen molar-refractivity contribution in [1.82, 2.24) is 19.5 Å². The van der Waals surface area contributed by atoms with E-state index in [2.05, 4.69) is 20.7 Å². The van der Waals surface area contributed by atoms with E-state index in [9.17, 15) is 19.7 Å². The average Bonchev–Trinajstić information content (AvgIpc) is 3.14.